The van der Waals surface area contributed by atoms with Gasteiger partial charge in [-0.2, -0.15) is 4.39 Å². The number of hydrogen-bond acceptors (Lipinski definition) is 6. The molecule has 0 saturated carbocycles. The average Bonchev–Trinajstić information content (AvgIpc) is 2.84. The molecule has 1 aromatic heterocycles. The van der Waals surface area contributed by atoms with E-state index in [1.165, 1.54) is 6.92 Å². The first kappa shape index (κ1) is 15.7. The molecule has 1 amide bonds. The van der Waals surface area contributed by atoms with Gasteiger partial charge in [-0.25, -0.2) is 9.59 Å². The molecule has 10 heteroatoms. The van der Waals surface area contributed by atoms with E-state index in [4.69, 9.17) is 4.74 Å². The molecule has 120 valence electrons. The van der Waals surface area contributed by atoms with Crippen LogP contribution in [-0.2, 0) is 14.3 Å². The van der Waals surface area contributed by atoms with Crippen LogP contribution in [0, 0.1) is 5.82 Å². The fraction of sp³-hybridized carbons (Fsp3) is 0.500. The summed E-state index contributed by atoms with van der Waals surface area (Å²) in [5.41, 5.74) is -2.03. The highest BCUT2D eigenvalue weighted by Crippen LogP contribution is 2.28. The van der Waals surface area contributed by atoms with Crippen molar-refractivity contribution in [3.05, 3.63) is 32.9 Å². The lowest BCUT2D eigenvalue weighted by Crippen LogP contribution is -2.41. The van der Waals surface area contributed by atoms with E-state index < -0.39 is 41.4 Å². The molecular weight excluding hydrogens is 301 g/mol. The number of halogens is 1. The second kappa shape index (κ2) is 6.00. The number of aromatic amines is 1. The van der Waals surface area contributed by atoms with Gasteiger partial charge in [-0.05, 0) is 0 Å². The summed E-state index contributed by atoms with van der Waals surface area (Å²) in [4.78, 5) is 48.6. The Morgan fingerprint density at radius 3 is 2.68 bits per heavy atom. The summed E-state index contributed by atoms with van der Waals surface area (Å²) in [7, 11) is 1.15. The number of carbonyl (C=O) groups is 2. The molecule has 1 fully saturated rings. The Balaban J connectivity index is 2.39. The van der Waals surface area contributed by atoms with Crippen LogP contribution in [0.5, 0.6) is 0 Å². The Kier molecular flexibility index (Phi) is 4.29. The van der Waals surface area contributed by atoms with Crippen LogP contribution in [0.1, 0.15) is 19.5 Å². The van der Waals surface area contributed by atoms with Gasteiger partial charge in [0, 0.05) is 13.3 Å². The third kappa shape index (κ3) is 3.00. The molecule has 1 aliphatic heterocycles. The van der Waals surface area contributed by atoms with E-state index in [9.17, 15) is 23.6 Å². The molecule has 9 nitrogen and oxygen atoms in total. The van der Waals surface area contributed by atoms with Crippen LogP contribution in [0.3, 0.4) is 0 Å². The maximum atomic E-state index is 13.4. The number of methoxy groups -OCH3 is 1. The molecule has 2 atom stereocenters. The van der Waals surface area contributed by atoms with Crippen molar-refractivity contribution in [3.8, 4) is 0 Å². The van der Waals surface area contributed by atoms with Gasteiger partial charge in [-0.3, -0.25) is 24.0 Å². The minimum absolute atomic E-state index is 0.00982. The summed E-state index contributed by atoms with van der Waals surface area (Å²) in [6.07, 6.45) is -1.59. The van der Waals surface area contributed by atoms with Crippen molar-refractivity contribution in [2.45, 2.75) is 25.6 Å². The number of nitrogens with one attached hydrogen (secondary N) is 1. The van der Waals surface area contributed by atoms with Crippen LogP contribution in [0.2, 0.25) is 0 Å². The second-order valence-corrected chi connectivity index (χ2v) is 4.71. The van der Waals surface area contributed by atoms with Gasteiger partial charge in [0.2, 0.25) is 5.82 Å². The Bertz CT molecular complexity index is 712. The monoisotopic (exact) mass is 315 g/mol. The van der Waals surface area contributed by atoms with Gasteiger partial charge >= 0.3 is 17.8 Å². The van der Waals surface area contributed by atoms with Crippen LogP contribution in [0.15, 0.2) is 15.8 Å². The molecule has 0 spiro atoms. The van der Waals surface area contributed by atoms with Crippen molar-refractivity contribution in [2.75, 3.05) is 13.7 Å². The Morgan fingerprint density at radius 2 is 2.09 bits per heavy atom. The lowest BCUT2D eigenvalue weighted by atomic mass is 10.3. The minimum atomic E-state index is -1.17. The number of carbonyl (C=O) groups excluding carboxylic acids is 2. The molecule has 1 saturated heterocycles. The first-order valence-corrected chi connectivity index (χ1v) is 6.36. The molecule has 1 aliphatic rings. The fourth-order valence-electron chi connectivity index (χ4n) is 2.36. The highest BCUT2D eigenvalue weighted by molar-refractivity contribution is 5.69. The van der Waals surface area contributed by atoms with E-state index in [0.29, 0.717) is 6.20 Å². The predicted octanol–water partition coefficient (Wildman–Crippen LogP) is -0.422. The number of nitrogens with zero attached hydrogens (tertiary/aromatic N) is 2. The number of esters is 1. The number of likely N-dealkylation sites (tertiary alicyclic amines) is 1. The molecule has 0 aliphatic carbocycles. The maximum absolute atomic E-state index is 13.4. The maximum Gasteiger partial charge on any atom is 0.411 e. The first-order valence-electron chi connectivity index (χ1n) is 6.36. The van der Waals surface area contributed by atoms with Crippen molar-refractivity contribution in [2.24, 2.45) is 0 Å². The normalized spacial score (nSPS) is 20.8. The van der Waals surface area contributed by atoms with Crippen molar-refractivity contribution < 1.29 is 23.5 Å². The van der Waals surface area contributed by atoms with Crippen molar-refractivity contribution >= 4 is 12.1 Å². The van der Waals surface area contributed by atoms with Crippen LogP contribution in [0.4, 0.5) is 9.18 Å². The minimum Gasteiger partial charge on any atom is -0.461 e. The highest BCUT2D eigenvalue weighted by Gasteiger charge is 2.39. The summed E-state index contributed by atoms with van der Waals surface area (Å²) in [6, 6.07) is 0. The van der Waals surface area contributed by atoms with Crippen LogP contribution >= 0.6 is 0 Å². The van der Waals surface area contributed by atoms with Gasteiger partial charge in [0.25, 0.3) is 5.56 Å². The number of amides is 1. The lowest BCUT2D eigenvalue weighted by molar-refractivity contribution is -0.145. The zero-order valence-corrected chi connectivity index (χ0v) is 11.9. The van der Waals surface area contributed by atoms with Crippen molar-refractivity contribution in [3.63, 3.8) is 0 Å². The number of ether oxygens (including phenoxy) is 2. The molecule has 1 N–H and O–H groups in total. The summed E-state index contributed by atoms with van der Waals surface area (Å²) < 4.78 is 23.9. The number of rotatable bonds is 2. The standard InChI is InChI=1S/C12H14FN3O6/c1-6(17)22-7-3-9(16(4-7)12(20)21-2)15-5-8(13)10(18)14-11(15)19/h5,7,9H,3-4H2,1-2H3,(H,14,18,19)/t7-,9-/m1/s1. The van der Waals surface area contributed by atoms with E-state index in [0.717, 1.165) is 16.6 Å². The average molecular weight is 315 g/mol. The Morgan fingerprint density at radius 1 is 1.41 bits per heavy atom. The molecule has 22 heavy (non-hydrogen) atoms. The SMILES string of the molecule is COC(=O)N1C[C@H](OC(C)=O)C[C@@H]1n1cc(F)c(=O)[nH]c1=O. The largest absolute Gasteiger partial charge is 0.461 e. The quantitative estimate of drug-likeness (QED) is 0.742. The molecule has 0 radical (unpaired) electrons. The van der Waals surface area contributed by atoms with E-state index in [1.54, 1.807) is 0 Å². The topological polar surface area (TPSA) is 111 Å². The molecule has 0 bridgehead atoms. The zero-order chi connectivity index (χ0) is 16.4. The molecule has 0 aromatic carbocycles. The molecule has 2 heterocycles. The molecule has 0 unspecified atom stereocenters. The number of H-pyrrole nitrogens is 1. The van der Waals surface area contributed by atoms with Gasteiger partial charge in [0.15, 0.2) is 0 Å². The molecular formula is C12H14FN3O6. The van der Waals surface area contributed by atoms with Crippen LogP contribution in [-0.4, -0.2) is 46.3 Å². The Hall–Kier alpha value is -2.65. The highest BCUT2D eigenvalue weighted by atomic mass is 19.1. The lowest BCUT2D eigenvalue weighted by Gasteiger charge is -2.23. The predicted molar refractivity (Wildman–Crippen MR) is 69.6 cm³/mol. The Labute approximate surface area is 123 Å². The number of hydrogen-bond donors (Lipinski definition) is 1. The fourth-order valence-corrected chi connectivity index (χ4v) is 2.36. The molecule has 1 aromatic rings. The summed E-state index contributed by atoms with van der Waals surface area (Å²) >= 11 is 0. The van der Waals surface area contributed by atoms with Gasteiger partial charge in [-0.1, -0.05) is 0 Å². The molecule has 2 rings (SSSR count). The van der Waals surface area contributed by atoms with Gasteiger partial charge in [0.05, 0.1) is 19.9 Å². The van der Waals surface area contributed by atoms with E-state index in [1.807, 2.05) is 4.98 Å². The third-order valence-electron chi connectivity index (χ3n) is 3.22. The summed E-state index contributed by atoms with van der Waals surface area (Å²) in [5, 5.41) is 0. The van der Waals surface area contributed by atoms with Gasteiger partial charge in [0.1, 0.15) is 12.3 Å². The van der Waals surface area contributed by atoms with Gasteiger partial charge in [-0.15, -0.1) is 0 Å². The second-order valence-electron chi connectivity index (χ2n) is 4.71. The van der Waals surface area contributed by atoms with Crippen LogP contribution in [0.25, 0.3) is 0 Å². The first-order chi connectivity index (χ1) is 10.3. The number of aromatic nitrogens is 2. The van der Waals surface area contributed by atoms with Crippen molar-refractivity contribution in [1.29, 1.82) is 0 Å². The van der Waals surface area contributed by atoms with E-state index >= 15 is 0 Å². The summed E-state index contributed by atoms with van der Waals surface area (Å²) in [6.45, 7) is 1.20. The zero-order valence-electron chi connectivity index (χ0n) is 11.9. The van der Waals surface area contributed by atoms with E-state index in [-0.39, 0.29) is 13.0 Å². The van der Waals surface area contributed by atoms with E-state index in [2.05, 4.69) is 4.74 Å². The summed E-state index contributed by atoms with van der Waals surface area (Å²) in [5.74, 6) is -1.71. The van der Waals surface area contributed by atoms with Crippen LogP contribution < -0.4 is 11.2 Å². The smallest absolute Gasteiger partial charge is 0.411 e. The van der Waals surface area contributed by atoms with Crippen molar-refractivity contribution in [1.82, 2.24) is 14.5 Å². The van der Waals surface area contributed by atoms with Gasteiger partial charge < -0.3 is 9.47 Å². The third-order valence-corrected chi connectivity index (χ3v) is 3.22.